The Morgan fingerprint density at radius 1 is 0.826 bits per heavy atom. The van der Waals surface area contributed by atoms with Gasteiger partial charge in [-0.2, -0.15) is 10.2 Å². The topological polar surface area (TPSA) is 130 Å². The molecule has 0 radical (unpaired) electrons. The zero-order valence-corrected chi connectivity index (χ0v) is 26.8. The molecule has 0 N–H and O–H groups in total. The molecule has 0 spiro atoms. The molecule has 2 aliphatic rings. The van der Waals surface area contributed by atoms with Crippen LogP contribution >= 0.6 is 0 Å². The van der Waals surface area contributed by atoms with Crippen molar-refractivity contribution in [2.24, 2.45) is 0 Å². The van der Waals surface area contributed by atoms with Crippen LogP contribution < -0.4 is 28.2 Å². The first-order valence-electron chi connectivity index (χ1n) is 14.6. The van der Waals surface area contributed by atoms with Gasteiger partial charge in [0, 0.05) is 67.5 Å². The van der Waals surface area contributed by atoms with Crippen LogP contribution in [0.4, 0.5) is 11.4 Å². The number of methoxy groups -OCH3 is 4. The maximum atomic E-state index is 14.7. The molecule has 0 amide bonds. The first kappa shape index (κ1) is 30.9. The maximum Gasteiger partial charge on any atom is 0.268 e. The molecule has 2 aromatic heterocycles. The van der Waals surface area contributed by atoms with Gasteiger partial charge in [-0.25, -0.2) is 8.42 Å². The Labute approximate surface area is 268 Å². The van der Waals surface area contributed by atoms with Gasteiger partial charge in [-0.05, 0) is 48.5 Å². The highest BCUT2D eigenvalue weighted by molar-refractivity contribution is 7.93. The van der Waals surface area contributed by atoms with Gasteiger partial charge in [-0.1, -0.05) is 0 Å². The second-order valence-electron chi connectivity index (χ2n) is 10.8. The van der Waals surface area contributed by atoms with Crippen molar-refractivity contribution in [2.75, 3.05) is 70.4 Å². The summed E-state index contributed by atoms with van der Waals surface area (Å²) in [5, 5.41) is 9.98. The van der Waals surface area contributed by atoms with Gasteiger partial charge in [-0.3, -0.25) is 14.2 Å². The second kappa shape index (κ2) is 12.4. The molecule has 4 heterocycles. The van der Waals surface area contributed by atoms with Crippen molar-refractivity contribution in [3.8, 4) is 29.3 Å². The van der Waals surface area contributed by atoms with Crippen LogP contribution in [0.15, 0.2) is 78.0 Å². The van der Waals surface area contributed by atoms with Crippen LogP contribution in [0.1, 0.15) is 16.7 Å². The summed E-state index contributed by atoms with van der Waals surface area (Å²) in [6, 6.07) is 19.5. The van der Waals surface area contributed by atoms with Crippen LogP contribution in [0, 0.1) is 11.3 Å². The third-order valence-corrected chi connectivity index (χ3v) is 10.5. The highest BCUT2D eigenvalue weighted by atomic mass is 32.2. The van der Waals surface area contributed by atoms with E-state index in [0.717, 1.165) is 5.69 Å². The molecule has 12 nitrogen and oxygen atoms in total. The number of benzene rings is 2. The normalized spacial score (nSPS) is 18.1. The van der Waals surface area contributed by atoms with Crippen LogP contribution in [0.5, 0.6) is 23.3 Å². The first-order valence-corrected chi connectivity index (χ1v) is 16.0. The minimum atomic E-state index is -4.20. The van der Waals surface area contributed by atoms with E-state index in [9.17, 15) is 13.7 Å². The Bertz CT molecular complexity index is 1890. The number of pyridine rings is 2. The van der Waals surface area contributed by atoms with Gasteiger partial charge >= 0.3 is 0 Å². The summed E-state index contributed by atoms with van der Waals surface area (Å²) < 4.78 is 52.8. The molecule has 0 bridgehead atoms. The molecular formula is C33H34N6O6S. The summed E-state index contributed by atoms with van der Waals surface area (Å²) in [5.74, 6) is 1.27. The Balaban J connectivity index is 1.55. The Hall–Kier alpha value is -5.06. The van der Waals surface area contributed by atoms with Crippen LogP contribution in [0.25, 0.3) is 0 Å². The highest BCUT2D eigenvalue weighted by Gasteiger charge is 2.54. The number of rotatable bonds is 9. The number of ether oxygens (including phenoxy) is 4. The number of aromatic nitrogens is 2. The van der Waals surface area contributed by atoms with Crippen molar-refractivity contribution >= 4 is 21.4 Å². The van der Waals surface area contributed by atoms with Gasteiger partial charge in [0.15, 0.2) is 0 Å². The number of nitriles is 1. The third-order valence-electron chi connectivity index (χ3n) is 8.68. The van der Waals surface area contributed by atoms with E-state index in [4.69, 9.17) is 18.9 Å². The highest BCUT2D eigenvalue weighted by Crippen LogP contribution is 2.52. The van der Waals surface area contributed by atoms with Crippen LogP contribution in [0.3, 0.4) is 0 Å². The molecule has 46 heavy (non-hydrogen) atoms. The van der Waals surface area contributed by atoms with Gasteiger partial charge in [0.25, 0.3) is 10.0 Å². The van der Waals surface area contributed by atoms with Gasteiger partial charge in [0.05, 0.1) is 57.8 Å². The van der Waals surface area contributed by atoms with Gasteiger partial charge in [-0.15, -0.1) is 0 Å². The van der Waals surface area contributed by atoms with Crippen molar-refractivity contribution in [1.29, 1.82) is 5.26 Å². The lowest BCUT2D eigenvalue weighted by molar-refractivity contribution is 0.124. The lowest BCUT2D eigenvalue weighted by Gasteiger charge is -2.47. The number of hydrogen-bond donors (Lipinski definition) is 0. The van der Waals surface area contributed by atoms with Crippen LogP contribution in [-0.2, 0) is 15.6 Å². The Kier molecular flexibility index (Phi) is 8.33. The standard InChI is InChI=1S/C33H34N6O6S/c1-42-25-6-9-30(29(20-25)43-2)46(40,41)39-22-33(27-19-23(21-34)5-8-28(27)39,26-7-10-31(44-3)36-32(26)45-4)38-17-15-37(16-18-38)24-11-13-35-14-12-24/h5-14,19-20H,15-18,22H2,1-4H3. The van der Waals surface area contributed by atoms with Crippen LogP contribution in [0.2, 0.25) is 0 Å². The SMILES string of the molecule is COc1ccc(S(=O)(=O)N2CC(c3ccc(OC)nc3OC)(N3CCN(c4ccncc4)CC3)c3cc(C#N)ccc32)c(OC)c1. The Morgan fingerprint density at radius 3 is 2.24 bits per heavy atom. The summed E-state index contributed by atoms with van der Waals surface area (Å²) in [7, 11) is 1.77. The zero-order valence-electron chi connectivity index (χ0n) is 26.0. The van der Waals surface area contributed by atoms with Gasteiger partial charge < -0.3 is 23.8 Å². The molecule has 0 saturated carbocycles. The number of piperazine rings is 1. The molecule has 1 fully saturated rings. The van der Waals surface area contributed by atoms with Crippen molar-refractivity contribution in [2.45, 2.75) is 10.4 Å². The first-order chi connectivity index (χ1) is 22.3. The second-order valence-corrected chi connectivity index (χ2v) is 12.7. The van der Waals surface area contributed by atoms with Crippen LogP contribution in [-0.4, -0.2) is 84.4 Å². The summed E-state index contributed by atoms with van der Waals surface area (Å²) in [6.45, 7) is 2.49. The predicted molar refractivity (Wildman–Crippen MR) is 171 cm³/mol. The fraction of sp³-hybridized carbons (Fsp3) is 0.303. The molecule has 238 valence electrons. The summed E-state index contributed by atoms with van der Waals surface area (Å²) >= 11 is 0. The lowest BCUT2D eigenvalue weighted by Crippen LogP contribution is -2.58. The fourth-order valence-electron chi connectivity index (χ4n) is 6.43. The third kappa shape index (κ3) is 5.09. The van der Waals surface area contributed by atoms with Gasteiger partial charge in [0.1, 0.15) is 16.4 Å². The molecular weight excluding hydrogens is 608 g/mol. The fourth-order valence-corrected chi connectivity index (χ4v) is 8.08. The molecule has 2 aromatic carbocycles. The zero-order chi connectivity index (χ0) is 32.5. The number of sulfonamides is 1. The monoisotopic (exact) mass is 642 g/mol. The minimum absolute atomic E-state index is 0.00560. The average molecular weight is 643 g/mol. The average Bonchev–Trinajstić information content (AvgIpc) is 3.47. The van der Waals surface area contributed by atoms with Gasteiger partial charge in [0.2, 0.25) is 11.8 Å². The van der Waals surface area contributed by atoms with Crippen molar-refractivity contribution in [1.82, 2.24) is 14.9 Å². The van der Waals surface area contributed by atoms with E-state index in [1.54, 1.807) is 48.8 Å². The number of fused-ring (bicyclic) bond motifs is 1. The molecule has 1 unspecified atom stereocenters. The largest absolute Gasteiger partial charge is 0.497 e. The lowest BCUT2D eigenvalue weighted by atomic mass is 9.82. The molecule has 2 aliphatic heterocycles. The summed E-state index contributed by atoms with van der Waals surface area (Å²) in [5.41, 5.74) is 2.15. The smallest absolute Gasteiger partial charge is 0.268 e. The number of hydrogen-bond acceptors (Lipinski definition) is 11. The minimum Gasteiger partial charge on any atom is -0.497 e. The van der Waals surface area contributed by atoms with Crippen molar-refractivity contribution in [3.63, 3.8) is 0 Å². The predicted octanol–water partition coefficient (Wildman–Crippen LogP) is 3.66. The maximum absolute atomic E-state index is 14.7. The summed E-state index contributed by atoms with van der Waals surface area (Å²) in [6.07, 6.45) is 3.54. The molecule has 13 heteroatoms. The van der Waals surface area contributed by atoms with E-state index in [0.29, 0.717) is 66.1 Å². The van der Waals surface area contributed by atoms with E-state index in [2.05, 4.69) is 25.8 Å². The number of nitrogens with zero attached hydrogens (tertiary/aromatic N) is 6. The molecule has 1 atom stereocenters. The van der Waals surface area contributed by atoms with E-state index in [-0.39, 0.29) is 17.2 Å². The summed E-state index contributed by atoms with van der Waals surface area (Å²) in [4.78, 5) is 13.3. The van der Waals surface area contributed by atoms with E-state index >= 15 is 0 Å². The Morgan fingerprint density at radius 2 is 1.59 bits per heavy atom. The van der Waals surface area contributed by atoms with E-state index in [1.807, 2.05) is 18.2 Å². The van der Waals surface area contributed by atoms with E-state index < -0.39 is 15.6 Å². The quantitative estimate of drug-likeness (QED) is 0.265. The number of anilines is 2. The molecule has 4 aromatic rings. The molecule has 6 rings (SSSR count). The van der Waals surface area contributed by atoms with Crippen molar-refractivity contribution < 1.29 is 27.4 Å². The van der Waals surface area contributed by atoms with Crippen molar-refractivity contribution in [3.05, 3.63) is 89.7 Å². The molecule has 0 aliphatic carbocycles. The van der Waals surface area contributed by atoms with E-state index in [1.165, 1.54) is 38.8 Å². The molecule has 1 saturated heterocycles.